The van der Waals surface area contributed by atoms with Gasteiger partial charge in [-0.05, 0) is 55.8 Å². The molecule has 0 saturated carbocycles. The lowest BCUT2D eigenvalue weighted by Gasteiger charge is -2.08. The number of carbonyl (C=O) groups is 3. The molecule has 0 fully saturated rings. The number of rotatable bonds is 8. The van der Waals surface area contributed by atoms with Crippen molar-refractivity contribution >= 4 is 45.9 Å². The van der Waals surface area contributed by atoms with Crippen LogP contribution in [0.3, 0.4) is 0 Å². The van der Waals surface area contributed by atoms with Crippen molar-refractivity contribution in [3.05, 3.63) is 76.7 Å². The van der Waals surface area contributed by atoms with E-state index in [1.54, 1.807) is 52.0 Å². The van der Waals surface area contributed by atoms with Gasteiger partial charge in [-0.1, -0.05) is 18.5 Å². The van der Waals surface area contributed by atoms with E-state index in [1.807, 2.05) is 26.0 Å². The van der Waals surface area contributed by atoms with Crippen molar-refractivity contribution in [3.63, 3.8) is 0 Å². The van der Waals surface area contributed by atoms with Crippen LogP contribution in [-0.2, 0) is 16.1 Å². The van der Waals surface area contributed by atoms with Gasteiger partial charge in [0.2, 0.25) is 0 Å². The third-order valence-electron chi connectivity index (χ3n) is 5.77. The normalized spacial score (nSPS) is 11.0. The fourth-order valence-electron chi connectivity index (χ4n) is 3.97. The molecule has 4 rings (SSSR count). The van der Waals surface area contributed by atoms with Crippen molar-refractivity contribution < 1.29 is 19.1 Å². The third kappa shape index (κ3) is 4.97. The van der Waals surface area contributed by atoms with Crippen LogP contribution in [0.25, 0.3) is 16.6 Å². The van der Waals surface area contributed by atoms with Gasteiger partial charge in [0.05, 0.1) is 35.8 Å². The number of halogens is 1. The van der Waals surface area contributed by atoms with Crippen LogP contribution in [0.5, 0.6) is 0 Å². The molecule has 1 N–H and O–H groups in total. The van der Waals surface area contributed by atoms with Crippen molar-refractivity contribution in [2.45, 2.75) is 33.2 Å². The lowest BCUT2D eigenvalue weighted by atomic mass is 10.1. The molecular formula is C26H25ClN4O4. The van der Waals surface area contributed by atoms with Gasteiger partial charge >= 0.3 is 5.97 Å². The molecule has 0 aliphatic rings. The van der Waals surface area contributed by atoms with E-state index in [9.17, 15) is 14.4 Å². The van der Waals surface area contributed by atoms with Crippen molar-refractivity contribution in [3.8, 4) is 5.69 Å². The van der Waals surface area contributed by atoms with Gasteiger partial charge < -0.3 is 14.6 Å². The maximum Gasteiger partial charge on any atom is 0.325 e. The van der Waals surface area contributed by atoms with Crippen molar-refractivity contribution in [1.29, 1.82) is 0 Å². The minimum absolute atomic E-state index is 0.0252. The fraction of sp³-hybridized carbons (Fsp3) is 0.231. The average molecular weight is 493 g/mol. The van der Waals surface area contributed by atoms with Crippen LogP contribution in [0, 0.1) is 6.92 Å². The molecule has 35 heavy (non-hydrogen) atoms. The Morgan fingerprint density at radius 2 is 1.83 bits per heavy atom. The van der Waals surface area contributed by atoms with E-state index in [2.05, 4.69) is 10.4 Å². The quantitative estimate of drug-likeness (QED) is 0.269. The molecule has 8 nitrogen and oxygen atoms in total. The van der Waals surface area contributed by atoms with Crippen molar-refractivity contribution in [2.75, 3.05) is 12.4 Å². The fourth-order valence-corrected chi connectivity index (χ4v) is 4.15. The first kappa shape index (κ1) is 24.2. The number of hydrogen-bond acceptors (Lipinski definition) is 5. The first-order valence-electron chi connectivity index (χ1n) is 11.2. The number of Topliss-reactive ketones (excluding diaryl/α,β-unsaturated/α-hetero) is 1. The molecule has 0 spiro atoms. The number of amides is 1. The van der Waals surface area contributed by atoms with Crippen LogP contribution < -0.4 is 5.32 Å². The molecule has 0 aliphatic heterocycles. The minimum Gasteiger partial charge on any atom is -0.468 e. The summed E-state index contributed by atoms with van der Waals surface area (Å²) in [6.07, 6.45) is 4.48. The van der Waals surface area contributed by atoms with Crippen LogP contribution in [0.1, 0.15) is 46.2 Å². The molecule has 0 atom stereocenters. The molecule has 0 aliphatic carbocycles. The Labute approximate surface area is 207 Å². The topological polar surface area (TPSA) is 95.2 Å². The zero-order chi connectivity index (χ0) is 25.1. The molecule has 180 valence electrons. The number of carbonyl (C=O) groups excluding carboxylic acids is 3. The van der Waals surface area contributed by atoms with E-state index in [0.29, 0.717) is 39.2 Å². The first-order chi connectivity index (χ1) is 16.8. The Morgan fingerprint density at radius 1 is 1.09 bits per heavy atom. The van der Waals surface area contributed by atoms with Crippen LogP contribution in [0.4, 0.5) is 5.69 Å². The van der Waals surface area contributed by atoms with E-state index in [4.69, 9.17) is 16.3 Å². The standard InChI is InChI=1S/C26H25ClN4O4/c1-4-5-24(32)21-13-28-31(16(21)2)19-9-7-18(8-10-19)29-26(34)22-14-30(15-25(33)35-3)23-11-6-17(27)12-20(22)23/h6-14H,4-5,15H2,1-3H3,(H,29,34). The Balaban J connectivity index is 1.57. The van der Waals surface area contributed by atoms with E-state index in [-0.39, 0.29) is 18.2 Å². The van der Waals surface area contributed by atoms with Crippen LogP contribution in [0.2, 0.25) is 5.02 Å². The number of aromatic nitrogens is 3. The largest absolute Gasteiger partial charge is 0.468 e. The SMILES string of the molecule is CCCC(=O)c1cnn(-c2ccc(NC(=O)c3cn(CC(=O)OC)c4ccc(Cl)cc34)cc2)c1C. The summed E-state index contributed by atoms with van der Waals surface area (Å²) in [5.74, 6) is -0.684. The number of fused-ring (bicyclic) bond motifs is 1. The summed E-state index contributed by atoms with van der Waals surface area (Å²) in [6, 6.07) is 12.3. The second-order valence-corrected chi connectivity index (χ2v) is 8.57. The van der Waals surface area contributed by atoms with E-state index in [0.717, 1.165) is 17.8 Å². The van der Waals surface area contributed by atoms with Gasteiger partial charge in [-0.15, -0.1) is 0 Å². The Hall–Kier alpha value is -3.91. The number of nitrogens with zero attached hydrogens (tertiary/aromatic N) is 3. The van der Waals surface area contributed by atoms with Gasteiger partial charge in [-0.25, -0.2) is 4.68 Å². The molecule has 2 aromatic carbocycles. The summed E-state index contributed by atoms with van der Waals surface area (Å²) in [5, 5.41) is 8.36. The first-order valence-corrected chi connectivity index (χ1v) is 11.5. The summed E-state index contributed by atoms with van der Waals surface area (Å²) in [4.78, 5) is 37.2. The highest BCUT2D eigenvalue weighted by Gasteiger charge is 2.18. The summed E-state index contributed by atoms with van der Waals surface area (Å²) < 4.78 is 8.13. The second kappa shape index (κ2) is 10.1. The van der Waals surface area contributed by atoms with E-state index < -0.39 is 5.97 Å². The number of nitrogens with one attached hydrogen (secondary N) is 1. The Morgan fingerprint density at radius 3 is 2.51 bits per heavy atom. The molecule has 2 aromatic heterocycles. The summed E-state index contributed by atoms with van der Waals surface area (Å²) in [6.45, 7) is 3.81. The van der Waals surface area contributed by atoms with Gasteiger partial charge in [-0.3, -0.25) is 14.4 Å². The number of benzene rings is 2. The smallest absolute Gasteiger partial charge is 0.325 e. The number of anilines is 1. The monoisotopic (exact) mass is 492 g/mol. The molecule has 4 aromatic rings. The van der Waals surface area contributed by atoms with Crippen molar-refractivity contribution in [2.24, 2.45) is 0 Å². The van der Waals surface area contributed by atoms with Gasteiger partial charge in [0.1, 0.15) is 6.54 Å². The number of esters is 1. The number of hydrogen-bond donors (Lipinski definition) is 1. The second-order valence-electron chi connectivity index (χ2n) is 8.14. The van der Waals surface area contributed by atoms with Crippen LogP contribution in [-0.4, -0.2) is 39.1 Å². The molecule has 1 amide bonds. The molecule has 0 saturated heterocycles. The maximum atomic E-state index is 13.1. The lowest BCUT2D eigenvalue weighted by molar-refractivity contribution is -0.141. The Bertz CT molecular complexity index is 1420. The number of ether oxygens (including phenoxy) is 1. The molecular weight excluding hydrogens is 468 g/mol. The summed E-state index contributed by atoms with van der Waals surface area (Å²) >= 11 is 6.16. The lowest BCUT2D eigenvalue weighted by Crippen LogP contribution is -2.13. The molecule has 0 unspecified atom stereocenters. The van der Waals surface area contributed by atoms with Crippen LogP contribution in [0.15, 0.2) is 54.9 Å². The maximum absolute atomic E-state index is 13.1. The van der Waals surface area contributed by atoms with Gasteiger partial charge in [0.15, 0.2) is 5.78 Å². The van der Waals surface area contributed by atoms with Crippen molar-refractivity contribution in [1.82, 2.24) is 14.3 Å². The summed E-state index contributed by atoms with van der Waals surface area (Å²) in [5.41, 5.74) is 3.83. The highest BCUT2D eigenvalue weighted by molar-refractivity contribution is 6.31. The molecule has 0 bridgehead atoms. The molecule has 2 heterocycles. The molecule has 9 heteroatoms. The Kier molecular flexibility index (Phi) is 7.02. The van der Waals surface area contributed by atoms with Gasteiger partial charge in [0, 0.05) is 34.2 Å². The van der Waals surface area contributed by atoms with Gasteiger partial charge in [0.25, 0.3) is 5.91 Å². The predicted octanol–water partition coefficient (Wildman–Crippen LogP) is 5.20. The zero-order valence-corrected chi connectivity index (χ0v) is 20.4. The van der Waals surface area contributed by atoms with Gasteiger partial charge in [-0.2, -0.15) is 5.10 Å². The third-order valence-corrected chi connectivity index (χ3v) is 6.01. The average Bonchev–Trinajstić information content (AvgIpc) is 3.40. The zero-order valence-electron chi connectivity index (χ0n) is 19.7. The number of ketones is 1. The highest BCUT2D eigenvalue weighted by Crippen LogP contribution is 2.26. The predicted molar refractivity (Wildman–Crippen MR) is 134 cm³/mol. The molecule has 0 radical (unpaired) electrons. The van der Waals surface area contributed by atoms with Crippen LogP contribution >= 0.6 is 11.6 Å². The summed E-state index contributed by atoms with van der Waals surface area (Å²) in [7, 11) is 1.32. The van der Waals surface area contributed by atoms with E-state index in [1.165, 1.54) is 7.11 Å². The van der Waals surface area contributed by atoms with E-state index >= 15 is 0 Å². The highest BCUT2D eigenvalue weighted by atomic mass is 35.5. The number of methoxy groups -OCH3 is 1. The minimum atomic E-state index is -0.423.